The molecule has 4 heterocycles. The monoisotopic (exact) mass is 348 g/mol. The summed E-state index contributed by atoms with van der Waals surface area (Å²) in [5.41, 5.74) is 1.85. The average molecular weight is 348 g/mol. The summed E-state index contributed by atoms with van der Waals surface area (Å²) in [5, 5.41) is 4.38. The fourth-order valence-electron chi connectivity index (χ4n) is 2.68. The first-order chi connectivity index (χ1) is 12.7. The van der Waals surface area contributed by atoms with Gasteiger partial charge in [-0.2, -0.15) is 5.10 Å². The molecule has 0 atom stereocenters. The Kier molecular flexibility index (Phi) is 4.14. The van der Waals surface area contributed by atoms with E-state index in [4.69, 9.17) is 0 Å². The van der Waals surface area contributed by atoms with Crippen molar-refractivity contribution >= 4 is 5.65 Å². The molecule has 0 aromatic carbocycles. The lowest BCUT2D eigenvalue weighted by Crippen LogP contribution is -2.23. The molecule has 1 aliphatic carbocycles. The number of rotatable bonds is 2. The predicted molar refractivity (Wildman–Crippen MR) is 95.9 cm³/mol. The van der Waals surface area contributed by atoms with Crippen molar-refractivity contribution in [3.63, 3.8) is 0 Å². The van der Waals surface area contributed by atoms with Gasteiger partial charge in [0.1, 0.15) is 0 Å². The summed E-state index contributed by atoms with van der Waals surface area (Å²) in [6, 6.07) is 7.61. The molecular weight excluding hydrogens is 332 g/mol. The molecule has 8 nitrogen and oxygen atoms in total. The van der Waals surface area contributed by atoms with Gasteiger partial charge in [0.15, 0.2) is 5.65 Å². The standard InChI is InChI=1S/C13H11N5O2.C5H5N/c19-12-9(6-15-13(20)16-12)10-5-8(7-1-2-7)11-14-3-4-18(11)17-10;1-2-4-6-5-3-1/h3-7H,1-2H2,(H2,15,16,19,20);1-5H. The second-order valence-corrected chi connectivity index (χ2v) is 5.96. The van der Waals surface area contributed by atoms with Gasteiger partial charge in [0.2, 0.25) is 0 Å². The smallest absolute Gasteiger partial charge is 0.313 e. The van der Waals surface area contributed by atoms with Gasteiger partial charge in [0, 0.05) is 36.5 Å². The zero-order chi connectivity index (χ0) is 17.9. The van der Waals surface area contributed by atoms with Crippen LogP contribution in [0, 0.1) is 0 Å². The Morgan fingerprint density at radius 3 is 2.50 bits per heavy atom. The summed E-state index contributed by atoms with van der Waals surface area (Å²) >= 11 is 0. The highest BCUT2D eigenvalue weighted by atomic mass is 16.2. The van der Waals surface area contributed by atoms with E-state index in [1.807, 2.05) is 24.3 Å². The fraction of sp³-hybridized carbons (Fsp3) is 0.167. The Bertz CT molecular complexity index is 1110. The quantitative estimate of drug-likeness (QED) is 0.573. The van der Waals surface area contributed by atoms with Crippen LogP contribution in [0.2, 0.25) is 0 Å². The predicted octanol–water partition coefficient (Wildman–Crippen LogP) is 1.73. The molecule has 1 fully saturated rings. The highest BCUT2D eigenvalue weighted by molar-refractivity contribution is 5.62. The molecule has 1 aliphatic rings. The highest BCUT2D eigenvalue weighted by Crippen LogP contribution is 2.42. The van der Waals surface area contributed by atoms with Crippen LogP contribution in [-0.4, -0.2) is 29.5 Å². The molecule has 4 aromatic heterocycles. The summed E-state index contributed by atoms with van der Waals surface area (Å²) in [5.74, 6) is 0.489. The number of nitrogens with one attached hydrogen (secondary N) is 2. The van der Waals surface area contributed by atoms with Crippen molar-refractivity contribution in [2.24, 2.45) is 0 Å². The molecule has 2 N–H and O–H groups in total. The van der Waals surface area contributed by atoms with Crippen LogP contribution >= 0.6 is 0 Å². The molecule has 4 aromatic rings. The van der Waals surface area contributed by atoms with Crippen LogP contribution in [0.15, 0.2) is 64.8 Å². The Labute approximate surface area is 147 Å². The molecule has 0 bridgehead atoms. The molecule has 0 saturated heterocycles. The van der Waals surface area contributed by atoms with Gasteiger partial charge in [0.05, 0.1) is 11.3 Å². The largest absolute Gasteiger partial charge is 0.325 e. The summed E-state index contributed by atoms with van der Waals surface area (Å²) < 4.78 is 1.67. The number of fused-ring (bicyclic) bond motifs is 1. The van der Waals surface area contributed by atoms with Crippen LogP contribution in [0.3, 0.4) is 0 Å². The molecule has 0 aliphatic heterocycles. The topological polar surface area (TPSA) is 109 Å². The zero-order valence-corrected chi connectivity index (χ0v) is 13.8. The minimum Gasteiger partial charge on any atom is -0.313 e. The lowest BCUT2D eigenvalue weighted by Gasteiger charge is -2.05. The number of aromatic amines is 2. The summed E-state index contributed by atoms with van der Waals surface area (Å²) in [7, 11) is 0. The molecule has 26 heavy (non-hydrogen) atoms. The first-order valence-corrected chi connectivity index (χ1v) is 8.24. The number of nitrogens with zero attached hydrogens (tertiary/aromatic N) is 4. The summed E-state index contributed by atoms with van der Waals surface area (Å²) in [6.45, 7) is 0. The Hall–Kier alpha value is -3.55. The van der Waals surface area contributed by atoms with Gasteiger partial charge in [-0.05, 0) is 37.0 Å². The third-order valence-electron chi connectivity index (χ3n) is 4.07. The lowest BCUT2D eigenvalue weighted by atomic mass is 10.1. The number of pyridine rings is 1. The first-order valence-electron chi connectivity index (χ1n) is 8.24. The van der Waals surface area contributed by atoms with Gasteiger partial charge in [-0.25, -0.2) is 14.3 Å². The number of aromatic nitrogens is 6. The zero-order valence-electron chi connectivity index (χ0n) is 13.8. The van der Waals surface area contributed by atoms with E-state index < -0.39 is 11.2 Å². The van der Waals surface area contributed by atoms with Gasteiger partial charge in [-0.1, -0.05) is 6.07 Å². The molecule has 130 valence electrons. The minimum atomic E-state index is -0.523. The van der Waals surface area contributed by atoms with Crippen molar-refractivity contribution in [3.8, 4) is 11.3 Å². The number of hydrogen-bond acceptors (Lipinski definition) is 5. The van der Waals surface area contributed by atoms with Crippen LogP contribution in [-0.2, 0) is 0 Å². The van der Waals surface area contributed by atoms with Gasteiger partial charge >= 0.3 is 5.69 Å². The van der Waals surface area contributed by atoms with E-state index in [-0.39, 0.29) is 0 Å². The first kappa shape index (κ1) is 15.9. The van der Waals surface area contributed by atoms with E-state index in [9.17, 15) is 9.59 Å². The van der Waals surface area contributed by atoms with Gasteiger partial charge < -0.3 is 4.98 Å². The van der Waals surface area contributed by atoms with E-state index in [1.54, 1.807) is 29.3 Å². The molecule has 0 unspecified atom stereocenters. The molecule has 0 spiro atoms. The van der Waals surface area contributed by atoms with Crippen LogP contribution in [0.4, 0.5) is 0 Å². The highest BCUT2D eigenvalue weighted by Gasteiger charge is 2.27. The van der Waals surface area contributed by atoms with Crippen LogP contribution in [0.1, 0.15) is 24.3 Å². The van der Waals surface area contributed by atoms with Crippen molar-refractivity contribution in [1.82, 2.24) is 29.5 Å². The van der Waals surface area contributed by atoms with E-state index in [0.717, 1.165) is 24.1 Å². The molecule has 0 amide bonds. The minimum absolute atomic E-state index is 0.349. The second kappa shape index (κ2) is 6.75. The van der Waals surface area contributed by atoms with E-state index in [0.29, 0.717) is 17.2 Å². The maximum atomic E-state index is 11.9. The summed E-state index contributed by atoms with van der Waals surface area (Å²) in [6.07, 6.45) is 10.6. The normalized spacial score (nSPS) is 13.2. The lowest BCUT2D eigenvalue weighted by molar-refractivity contribution is 0.913. The van der Waals surface area contributed by atoms with Gasteiger partial charge in [-0.15, -0.1) is 0 Å². The number of H-pyrrole nitrogens is 2. The number of imidazole rings is 1. The van der Waals surface area contributed by atoms with Crippen LogP contribution in [0.25, 0.3) is 16.9 Å². The Balaban J connectivity index is 0.000000240. The van der Waals surface area contributed by atoms with Crippen molar-refractivity contribution in [1.29, 1.82) is 0 Å². The summed E-state index contributed by atoms with van der Waals surface area (Å²) in [4.78, 5) is 35.7. The maximum absolute atomic E-state index is 11.9. The van der Waals surface area contributed by atoms with Crippen molar-refractivity contribution in [2.75, 3.05) is 0 Å². The van der Waals surface area contributed by atoms with Gasteiger partial charge in [0.25, 0.3) is 5.56 Å². The van der Waals surface area contributed by atoms with Gasteiger partial charge in [-0.3, -0.25) is 14.8 Å². The van der Waals surface area contributed by atoms with E-state index >= 15 is 0 Å². The molecule has 8 heteroatoms. The molecule has 5 rings (SSSR count). The van der Waals surface area contributed by atoms with Crippen molar-refractivity contribution in [2.45, 2.75) is 18.8 Å². The van der Waals surface area contributed by atoms with Crippen molar-refractivity contribution in [3.05, 3.63) is 81.7 Å². The van der Waals surface area contributed by atoms with Crippen LogP contribution < -0.4 is 11.2 Å². The average Bonchev–Trinajstić information content (AvgIpc) is 3.40. The molecule has 0 radical (unpaired) electrons. The maximum Gasteiger partial charge on any atom is 0.325 e. The van der Waals surface area contributed by atoms with E-state index in [2.05, 4.69) is 25.0 Å². The third-order valence-corrected chi connectivity index (χ3v) is 4.07. The Morgan fingerprint density at radius 2 is 1.88 bits per heavy atom. The fourth-order valence-corrected chi connectivity index (χ4v) is 2.68. The SMILES string of the molecule is O=c1[nH]cc(-c2cc(C3CC3)c3nccn3n2)c(=O)[nH]1.c1ccncc1. The van der Waals surface area contributed by atoms with E-state index in [1.165, 1.54) is 6.20 Å². The van der Waals surface area contributed by atoms with Crippen LogP contribution in [0.5, 0.6) is 0 Å². The number of hydrogen-bond donors (Lipinski definition) is 2. The Morgan fingerprint density at radius 1 is 1.08 bits per heavy atom. The third kappa shape index (κ3) is 3.30. The van der Waals surface area contributed by atoms with Crippen molar-refractivity contribution < 1.29 is 0 Å². The molecular formula is C18H16N6O2. The second-order valence-electron chi connectivity index (χ2n) is 5.96. The molecule has 1 saturated carbocycles.